The van der Waals surface area contributed by atoms with E-state index in [1.54, 1.807) is 12.1 Å². The van der Waals surface area contributed by atoms with Gasteiger partial charge in [-0.15, -0.1) is 0 Å². The van der Waals surface area contributed by atoms with Crippen molar-refractivity contribution in [1.29, 1.82) is 0 Å². The van der Waals surface area contributed by atoms with E-state index >= 15 is 0 Å². The van der Waals surface area contributed by atoms with E-state index in [1.165, 1.54) is 0 Å². The van der Waals surface area contributed by atoms with Gasteiger partial charge in [-0.25, -0.2) is 0 Å². The van der Waals surface area contributed by atoms with E-state index in [0.29, 0.717) is 17.1 Å². The fraction of sp³-hybridized carbons (Fsp3) is 0.350. The Kier molecular flexibility index (Phi) is 5.15. The minimum absolute atomic E-state index is 0.209. The summed E-state index contributed by atoms with van der Waals surface area (Å²) < 4.78 is 12.1. The number of amides is 1. The lowest BCUT2D eigenvalue weighted by Gasteiger charge is -2.32. The van der Waals surface area contributed by atoms with Gasteiger partial charge in [-0.2, -0.15) is 0 Å². The molecule has 3 rings (SSSR count). The summed E-state index contributed by atoms with van der Waals surface area (Å²) >= 11 is 6.35. The van der Waals surface area contributed by atoms with E-state index in [9.17, 15) is 4.79 Å². The van der Waals surface area contributed by atoms with Gasteiger partial charge in [0.15, 0.2) is 0 Å². The molecule has 2 aromatic carbocycles. The fourth-order valence-electron chi connectivity index (χ4n) is 2.71. The summed E-state index contributed by atoms with van der Waals surface area (Å²) in [5.41, 5.74) is 1.42. The number of carbonyl (C=O) groups is 1. The van der Waals surface area contributed by atoms with Crippen LogP contribution in [0.1, 0.15) is 43.6 Å². The van der Waals surface area contributed by atoms with Gasteiger partial charge in [-0.05, 0) is 50.9 Å². The number of hydrogen-bond acceptors (Lipinski definition) is 3. The van der Waals surface area contributed by atoms with E-state index in [0.717, 1.165) is 11.0 Å². The van der Waals surface area contributed by atoms with Gasteiger partial charge in [0.1, 0.15) is 0 Å². The molecule has 2 aromatic rings. The molecule has 0 spiro atoms. The summed E-state index contributed by atoms with van der Waals surface area (Å²) in [6.45, 7) is 8.45. The molecule has 1 aliphatic heterocycles. The second-order valence-corrected chi connectivity index (χ2v) is 7.90. The van der Waals surface area contributed by atoms with Crippen LogP contribution in [0.25, 0.3) is 0 Å². The third kappa shape index (κ3) is 3.80. The van der Waals surface area contributed by atoms with Gasteiger partial charge in [0.05, 0.1) is 21.8 Å². The van der Waals surface area contributed by atoms with Crippen molar-refractivity contribution in [3.05, 3.63) is 64.7 Å². The van der Waals surface area contributed by atoms with Crippen molar-refractivity contribution < 1.29 is 14.1 Å². The molecule has 136 valence electrons. The minimum atomic E-state index is -0.501. The van der Waals surface area contributed by atoms with Crippen molar-refractivity contribution in [2.75, 3.05) is 0 Å². The van der Waals surface area contributed by atoms with Crippen LogP contribution >= 0.6 is 11.6 Å². The highest BCUT2D eigenvalue weighted by molar-refractivity contribution is 6.62. The molecule has 4 nitrogen and oxygen atoms in total. The van der Waals surface area contributed by atoms with Gasteiger partial charge < -0.3 is 14.6 Å². The van der Waals surface area contributed by atoms with Crippen molar-refractivity contribution in [2.45, 2.75) is 45.4 Å². The topological polar surface area (TPSA) is 47.6 Å². The van der Waals surface area contributed by atoms with E-state index in [4.69, 9.17) is 20.9 Å². The quantitative estimate of drug-likeness (QED) is 0.836. The first kappa shape index (κ1) is 19.0. The van der Waals surface area contributed by atoms with Crippen LogP contribution in [0.15, 0.2) is 48.5 Å². The second kappa shape index (κ2) is 7.07. The maximum atomic E-state index is 12.4. The SMILES string of the molecule is CC1(C)OB(c2ccc(C(=O)NCc3ccccc3)c(Cl)c2)OC1(C)C. The van der Waals surface area contributed by atoms with E-state index in [1.807, 2.05) is 64.1 Å². The zero-order chi connectivity index (χ0) is 18.9. The van der Waals surface area contributed by atoms with Crippen molar-refractivity contribution in [3.63, 3.8) is 0 Å². The molecule has 0 aliphatic carbocycles. The Hall–Kier alpha value is -1.82. The van der Waals surface area contributed by atoms with Crippen molar-refractivity contribution in [2.24, 2.45) is 0 Å². The zero-order valence-electron chi connectivity index (χ0n) is 15.5. The molecule has 0 unspecified atom stereocenters. The molecule has 1 saturated heterocycles. The molecule has 1 N–H and O–H groups in total. The van der Waals surface area contributed by atoms with E-state index < -0.39 is 18.3 Å². The summed E-state index contributed by atoms with van der Waals surface area (Å²) in [6, 6.07) is 15.0. The molecular weight excluding hydrogens is 348 g/mol. The Morgan fingerprint density at radius 3 is 2.23 bits per heavy atom. The highest BCUT2D eigenvalue weighted by Gasteiger charge is 2.51. The molecule has 1 fully saturated rings. The van der Waals surface area contributed by atoms with Crippen LogP contribution < -0.4 is 10.8 Å². The number of nitrogens with one attached hydrogen (secondary N) is 1. The highest BCUT2D eigenvalue weighted by Crippen LogP contribution is 2.36. The third-order valence-electron chi connectivity index (χ3n) is 5.06. The Morgan fingerprint density at radius 1 is 1.04 bits per heavy atom. The molecule has 0 bridgehead atoms. The summed E-state index contributed by atoms with van der Waals surface area (Å²) in [4.78, 5) is 12.4. The van der Waals surface area contributed by atoms with Gasteiger partial charge in [0, 0.05) is 6.54 Å². The van der Waals surface area contributed by atoms with Crippen LogP contribution in [-0.2, 0) is 15.9 Å². The number of halogens is 1. The summed E-state index contributed by atoms with van der Waals surface area (Å²) in [6.07, 6.45) is 0. The summed E-state index contributed by atoms with van der Waals surface area (Å²) in [5.74, 6) is -0.209. The third-order valence-corrected chi connectivity index (χ3v) is 5.37. The first-order chi connectivity index (χ1) is 12.2. The van der Waals surface area contributed by atoms with Crippen LogP contribution in [0.2, 0.25) is 5.02 Å². The summed E-state index contributed by atoms with van der Waals surface area (Å²) in [5, 5.41) is 3.26. The molecular formula is C20H23BClNO3. The van der Waals surface area contributed by atoms with Crippen LogP contribution in [0.5, 0.6) is 0 Å². The molecule has 0 aromatic heterocycles. The monoisotopic (exact) mass is 371 g/mol. The molecule has 0 saturated carbocycles. The maximum Gasteiger partial charge on any atom is 0.494 e. The van der Waals surface area contributed by atoms with Gasteiger partial charge in [-0.3, -0.25) is 4.79 Å². The Balaban J connectivity index is 1.71. The Labute approximate surface area is 160 Å². The van der Waals surface area contributed by atoms with Crippen molar-refractivity contribution in [1.82, 2.24) is 5.32 Å². The highest BCUT2D eigenvalue weighted by atomic mass is 35.5. The normalized spacial score (nSPS) is 18.0. The first-order valence-electron chi connectivity index (χ1n) is 8.67. The van der Waals surface area contributed by atoms with E-state index in [2.05, 4.69) is 5.32 Å². The number of carbonyl (C=O) groups excluding carboxylic acids is 1. The van der Waals surface area contributed by atoms with Crippen LogP contribution in [0.3, 0.4) is 0 Å². The number of benzene rings is 2. The molecule has 1 aliphatic rings. The van der Waals surface area contributed by atoms with Crippen molar-refractivity contribution >= 4 is 30.1 Å². The van der Waals surface area contributed by atoms with Crippen LogP contribution in [0.4, 0.5) is 0 Å². The minimum Gasteiger partial charge on any atom is -0.399 e. The van der Waals surface area contributed by atoms with Crippen molar-refractivity contribution in [3.8, 4) is 0 Å². The van der Waals surface area contributed by atoms with Crippen LogP contribution in [-0.4, -0.2) is 24.2 Å². The first-order valence-corrected chi connectivity index (χ1v) is 9.05. The zero-order valence-corrected chi connectivity index (χ0v) is 16.3. The van der Waals surface area contributed by atoms with Gasteiger partial charge in [0.25, 0.3) is 5.91 Å². The largest absolute Gasteiger partial charge is 0.494 e. The summed E-state index contributed by atoms with van der Waals surface area (Å²) in [7, 11) is -0.501. The predicted molar refractivity (Wildman–Crippen MR) is 105 cm³/mol. The smallest absolute Gasteiger partial charge is 0.399 e. The second-order valence-electron chi connectivity index (χ2n) is 7.50. The van der Waals surface area contributed by atoms with Gasteiger partial charge >= 0.3 is 7.12 Å². The Bertz CT molecular complexity index is 792. The maximum absolute atomic E-state index is 12.4. The molecule has 26 heavy (non-hydrogen) atoms. The lowest BCUT2D eigenvalue weighted by molar-refractivity contribution is 0.00578. The molecule has 1 amide bonds. The van der Waals surface area contributed by atoms with Gasteiger partial charge in [-0.1, -0.05) is 48.0 Å². The van der Waals surface area contributed by atoms with Crippen LogP contribution in [0, 0.1) is 0 Å². The lowest BCUT2D eigenvalue weighted by Crippen LogP contribution is -2.41. The predicted octanol–water partition coefficient (Wildman–Crippen LogP) is 3.57. The van der Waals surface area contributed by atoms with Gasteiger partial charge in [0.2, 0.25) is 0 Å². The average molecular weight is 372 g/mol. The molecule has 1 heterocycles. The number of rotatable bonds is 4. The Morgan fingerprint density at radius 2 is 1.65 bits per heavy atom. The van der Waals surface area contributed by atoms with E-state index in [-0.39, 0.29) is 5.91 Å². The fourth-order valence-corrected chi connectivity index (χ4v) is 2.99. The standard InChI is InChI=1S/C20H23BClNO3/c1-19(2)20(3,4)26-21(25-19)15-10-11-16(17(22)12-15)18(24)23-13-14-8-6-5-7-9-14/h5-12H,13H2,1-4H3,(H,23,24). The molecule has 0 radical (unpaired) electrons. The molecule has 6 heteroatoms. The number of hydrogen-bond donors (Lipinski definition) is 1. The molecule has 0 atom stereocenters. The lowest BCUT2D eigenvalue weighted by atomic mass is 9.79. The average Bonchev–Trinajstić information content (AvgIpc) is 2.81.